The van der Waals surface area contributed by atoms with Crippen molar-refractivity contribution in [1.29, 1.82) is 0 Å². The van der Waals surface area contributed by atoms with E-state index in [0.29, 0.717) is 13.2 Å². The van der Waals surface area contributed by atoms with E-state index in [4.69, 9.17) is 4.74 Å². The standard InChI is InChI=1S/C14H18F2N2O2/c1-3-20-8-9(2)18-13(19)7-17-14(18)11-5-4-10(15)6-12(11)16/h4-6,9,14,17H,3,7-8H2,1-2H3. The zero-order chi connectivity index (χ0) is 14.7. The van der Waals surface area contributed by atoms with Crippen LogP contribution in [0.2, 0.25) is 0 Å². The summed E-state index contributed by atoms with van der Waals surface area (Å²) in [6.07, 6.45) is -0.585. The second kappa shape index (κ2) is 6.28. The van der Waals surface area contributed by atoms with Gasteiger partial charge in [0.2, 0.25) is 5.91 Å². The maximum atomic E-state index is 13.9. The molecule has 20 heavy (non-hydrogen) atoms. The van der Waals surface area contributed by atoms with Crippen molar-refractivity contribution >= 4 is 5.91 Å². The molecular weight excluding hydrogens is 266 g/mol. The molecule has 1 fully saturated rings. The molecule has 1 aliphatic heterocycles. The Morgan fingerprint density at radius 2 is 2.25 bits per heavy atom. The predicted octanol–water partition coefficient (Wildman–Crippen LogP) is 1.82. The van der Waals surface area contributed by atoms with E-state index in [1.54, 1.807) is 4.90 Å². The fraction of sp³-hybridized carbons (Fsp3) is 0.500. The average Bonchev–Trinajstić information content (AvgIpc) is 2.78. The van der Waals surface area contributed by atoms with Gasteiger partial charge in [0.1, 0.15) is 17.8 Å². The summed E-state index contributed by atoms with van der Waals surface area (Å²) >= 11 is 0. The lowest BCUT2D eigenvalue weighted by atomic mass is 10.1. The summed E-state index contributed by atoms with van der Waals surface area (Å²) in [5, 5.41) is 2.95. The second-order valence-electron chi connectivity index (χ2n) is 4.76. The molecule has 0 bridgehead atoms. The van der Waals surface area contributed by atoms with E-state index in [2.05, 4.69) is 5.32 Å². The van der Waals surface area contributed by atoms with Crippen LogP contribution in [0.3, 0.4) is 0 Å². The van der Waals surface area contributed by atoms with Gasteiger partial charge in [-0.2, -0.15) is 0 Å². The minimum absolute atomic E-state index is 0.120. The van der Waals surface area contributed by atoms with Crippen molar-refractivity contribution in [3.8, 4) is 0 Å². The van der Waals surface area contributed by atoms with E-state index in [0.717, 1.165) is 6.07 Å². The van der Waals surface area contributed by atoms with Crippen LogP contribution < -0.4 is 5.32 Å². The van der Waals surface area contributed by atoms with Gasteiger partial charge >= 0.3 is 0 Å². The molecule has 0 aromatic heterocycles. The molecule has 1 heterocycles. The third-order valence-corrected chi connectivity index (χ3v) is 3.31. The SMILES string of the molecule is CCOCC(C)N1C(=O)CNC1c1ccc(F)cc1F. The van der Waals surface area contributed by atoms with Gasteiger partial charge in [0.15, 0.2) is 0 Å². The number of nitrogens with one attached hydrogen (secondary N) is 1. The smallest absolute Gasteiger partial charge is 0.238 e. The van der Waals surface area contributed by atoms with Crippen molar-refractivity contribution in [2.24, 2.45) is 0 Å². The number of amides is 1. The summed E-state index contributed by atoms with van der Waals surface area (Å²) in [5.41, 5.74) is 0.264. The third kappa shape index (κ3) is 2.96. The van der Waals surface area contributed by atoms with Crippen molar-refractivity contribution in [2.75, 3.05) is 19.8 Å². The summed E-state index contributed by atoms with van der Waals surface area (Å²) in [7, 11) is 0. The molecule has 1 aromatic rings. The quantitative estimate of drug-likeness (QED) is 0.896. The molecule has 110 valence electrons. The lowest BCUT2D eigenvalue weighted by molar-refractivity contribution is -0.131. The van der Waals surface area contributed by atoms with Gasteiger partial charge < -0.3 is 9.64 Å². The Morgan fingerprint density at radius 1 is 1.50 bits per heavy atom. The van der Waals surface area contributed by atoms with E-state index in [9.17, 15) is 13.6 Å². The van der Waals surface area contributed by atoms with Crippen LogP contribution in [-0.2, 0) is 9.53 Å². The topological polar surface area (TPSA) is 41.6 Å². The van der Waals surface area contributed by atoms with Crippen LogP contribution in [0.25, 0.3) is 0 Å². The molecule has 0 spiro atoms. The first-order chi connectivity index (χ1) is 9.54. The molecule has 0 aliphatic carbocycles. The molecule has 6 heteroatoms. The molecule has 1 amide bonds. The van der Waals surface area contributed by atoms with Gasteiger partial charge in [0.05, 0.1) is 19.2 Å². The number of halogens is 2. The van der Waals surface area contributed by atoms with Gasteiger partial charge in [0.25, 0.3) is 0 Å². The van der Waals surface area contributed by atoms with Gasteiger partial charge in [-0.3, -0.25) is 10.1 Å². The summed E-state index contributed by atoms with van der Waals surface area (Å²) in [6.45, 7) is 4.78. The van der Waals surface area contributed by atoms with E-state index in [1.165, 1.54) is 12.1 Å². The third-order valence-electron chi connectivity index (χ3n) is 3.31. The van der Waals surface area contributed by atoms with Crippen LogP contribution in [0.4, 0.5) is 8.78 Å². The van der Waals surface area contributed by atoms with Gasteiger partial charge in [-0.1, -0.05) is 0 Å². The summed E-state index contributed by atoms with van der Waals surface area (Å²) in [6, 6.07) is 3.19. The van der Waals surface area contributed by atoms with Gasteiger partial charge in [-0.25, -0.2) is 8.78 Å². The number of nitrogens with zero attached hydrogens (tertiary/aromatic N) is 1. The highest BCUT2D eigenvalue weighted by atomic mass is 19.1. The van der Waals surface area contributed by atoms with Gasteiger partial charge in [-0.05, 0) is 26.0 Å². The van der Waals surface area contributed by atoms with Gasteiger partial charge in [0, 0.05) is 18.2 Å². The lowest BCUT2D eigenvalue weighted by Gasteiger charge is -2.30. The fourth-order valence-corrected chi connectivity index (χ4v) is 2.37. The van der Waals surface area contributed by atoms with Gasteiger partial charge in [-0.15, -0.1) is 0 Å². The van der Waals surface area contributed by atoms with Crippen LogP contribution in [-0.4, -0.2) is 36.6 Å². The lowest BCUT2D eigenvalue weighted by Crippen LogP contribution is -2.40. The van der Waals surface area contributed by atoms with Crippen LogP contribution in [0, 0.1) is 11.6 Å². The molecule has 1 aliphatic rings. The molecule has 4 nitrogen and oxygen atoms in total. The highest BCUT2D eigenvalue weighted by Crippen LogP contribution is 2.27. The van der Waals surface area contributed by atoms with E-state index in [1.807, 2.05) is 13.8 Å². The molecule has 2 atom stereocenters. The van der Waals surface area contributed by atoms with Crippen molar-refractivity contribution in [3.63, 3.8) is 0 Å². The molecule has 0 saturated carbocycles. The molecule has 2 unspecified atom stereocenters. The first-order valence-corrected chi connectivity index (χ1v) is 6.61. The summed E-state index contributed by atoms with van der Waals surface area (Å²) < 4.78 is 32.2. The molecule has 0 radical (unpaired) electrons. The molecule has 1 saturated heterocycles. The van der Waals surface area contributed by atoms with E-state index < -0.39 is 17.8 Å². The largest absolute Gasteiger partial charge is 0.380 e. The van der Waals surface area contributed by atoms with Crippen molar-refractivity contribution in [1.82, 2.24) is 10.2 Å². The Hall–Kier alpha value is -1.53. The Balaban J connectivity index is 2.23. The normalized spacial score (nSPS) is 20.5. The minimum atomic E-state index is -0.661. The van der Waals surface area contributed by atoms with Crippen molar-refractivity contribution in [2.45, 2.75) is 26.1 Å². The number of rotatable bonds is 5. The molecular formula is C14H18F2N2O2. The van der Waals surface area contributed by atoms with Crippen LogP contribution in [0.15, 0.2) is 18.2 Å². The summed E-state index contributed by atoms with van der Waals surface area (Å²) in [4.78, 5) is 13.5. The number of hydrogen-bond donors (Lipinski definition) is 1. The molecule has 2 rings (SSSR count). The zero-order valence-corrected chi connectivity index (χ0v) is 11.5. The predicted molar refractivity (Wildman–Crippen MR) is 69.9 cm³/mol. The molecule has 1 aromatic carbocycles. The Morgan fingerprint density at radius 3 is 2.90 bits per heavy atom. The van der Waals surface area contributed by atoms with E-state index in [-0.39, 0.29) is 24.1 Å². The van der Waals surface area contributed by atoms with Crippen molar-refractivity contribution in [3.05, 3.63) is 35.4 Å². The van der Waals surface area contributed by atoms with Crippen LogP contribution in [0.5, 0.6) is 0 Å². The first kappa shape index (κ1) is 14.9. The number of carbonyl (C=O) groups excluding carboxylic acids is 1. The van der Waals surface area contributed by atoms with Crippen LogP contribution in [0.1, 0.15) is 25.6 Å². The number of carbonyl (C=O) groups is 1. The molecule has 1 N–H and O–H groups in total. The highest BCUT2D eigenvalue weighted by molar-refractivity contribution is 5.81. The van der Waals surface area contributed by atoms with E-state index >= 15 is 0 Å². The Labute approximate surface area is 116 Å². The zero-order valence-electron chi connectivity index (χ0n) is 11.5. The fourth-order valence-electron chi connectivity index (χ4n) is 2.37. The van der Waals surface area contributed by atoms with Crippen molar-refractivity contribution < 1.29 is 18.3 Å². The Bertz CT molecular complexity index is 496. The Kier molecular flexibility index (Phi) is 4.67. The first-order valence-electron chi connectivity index (χ1n) is 6.61. The number of ether oxygens (including phenoxy) is 1. The highest BCUT2D eigenvalue weighted by Gasteiger charge is 2.36. The number of benzene rings is 1. The summed E-state index contributed by atoms with van der Waals surface area (Å²) in [5.74, 6) is -1.42. The average molecular weight is 284 g/mol. The maximum absolute atomic E-state index is 13.9. The second-order valence-corrected chi connectivity index (χ2v) is 4.76. The van der Waals surface area contributed by atoms with Crippen LogP contribution >= 0.6 is 0 Å². The minimum Gasteiger partial charge on any atom is -0.380 e. The maximum Gasteiger partial charge on any atom is 0.238 e. The monoisotopic (exact) mass is 284 g/mol. The number of hydrogen-bond acceptors (Lipinski definition) is 3.